The Kier molecular flexibility index (Phi) is 5.08. The van der Waals surface area contributed by atoms with Crippen molar-refractivity contribution in [2.75, 3.05) is 19.5 Å². The Morgan fingerprint density at radius 2 is 1.87 bits per heavy atom. The Labute approximate surface area is 131 Å². The lowest BCUT2D eigenvalue weighted by molar-refractivity contribution is -0.115. The molecular formula is C15H15N3O5. The van der Waals surface area contributed by atoms with Gasteiger partial charge in [0.25, 0.3) is 0 Å². The monoisotopic (exact) mass is 317 g/mol. The second-order valence-electron chi connectivity index (χ2n) is 4.55. The maximum absolute atomic E-state index is 12.1. The van der Waals surface area contributed by atoms with Gasteiger partial charge < -0.3 is 14.8 Å². The van der Waals surface area contributed by atoms with Crippen LogP contribution in [0.3, 0.4) is 0 Å². The standard InChI is InChI=1S/C15H15N3O5/c1-22-14(20)9-3-4-11(15(21)23-2)12(7-9)17-13(19)8-10-5-6-16-18-10/h3-7H,8H2,1-2H3,(H,16,18)(H,17,19). The van der Waals surface area contributed by atoms with E-state index in [-0.39, 0.29) is 29.1 Å². The molecule has 1 amide bonds. The van der Waals surface area contributed by atoms with Crippen LogP contribution in [-0.4, -0.2) is 42.3 Å². The van der Waals surface area contributed by atoms with Crippen LogP contribution in [0.5, 0.6) is 0 Å². The molecule has 8 nitrogen and oxygen atoms in total. The molecule has 0 bridgehead atoms. The van der Waals surface area contributed by atoms with Crippen molar-refractivity contribution in [3.05, 3.63) is 47.3 Å². The lowest BCUT2D eigenvalue weighted by atomic mass is 10.1. The topological polar surface area (TPSA) is 110 Å². The summed E-state index contributed by atoms with van der Waals surface area (Å²) in [5, 5.41) is 9.00. The van der Waals surface area contributed by atoms with Crippen LogP contribution in [0.2, 0.25) is 0 Å². The third-order valence-corrected chi connectivity index (χ3v) is 3.03. The first-order valence-corrected chi connectivity index (χ1v) is 6.64. The lowest BCUT2D eigenvalue weighted by Gasteiger charge is -2.11. The molecule has 0 aliphatic carbocycles. The third-order valence-electron chi connectivity index (χ3n) is 3.03. The van der Waals surface area contributed by atoms with Crippen molar-refractivity contribution in [2.45, 2.75) is 6.42 Å². The summed E-state index contributed by atoms with van der Waals surface area (Å²) in [7, 11) is 2.47. The quantitative estimate of drug-likeness (QED) is 0.801. The summed E-state index contributed by atoms with van der Waals surface area (Å²) in [6.07, 6.45) is 1.57. The Morgan fingerprint density at radius 1 is 1.13 bits per heavy atom. The highest BCUT2D eigenvalue weighted by atomic mass is 16.5. The normalized spacial score (nSPS) is 10.0. The SMILES string of the molecule is COC(=O)c1ccc(C(=O)OC)c(NC(=O)Cc2ccn[nH]2)c1. The molecule has 120 valence electrons. The van der Waals surface area contributed by atoms with Gasteiger partial charge >= 0.3 is 11.9 Å². The summed E-state index contributed by atoms with van der Waals surface area (Å²) in [5.41, 5.74) is 1.13. The van der Waals surface area contributed by atoms with Crippen molar-refractivity contribution in [3.63, 3.8) is 0 Å². The first-order chi connectivity index (χ1) is 11.0. The smallest absolute Gasteiger partial charge is 0.339 e. The summed E-state index contributed by atoms with van der Waals surface area (Å²) in [6, 6.07) is 5.83. The highest BCUT2D eigenvalue weighted by Crippen LogP contribution is 2.20. The van der Waals surface area contributed by atoms with E-state index in [1.54, 1.807) is 6.07 Å². The number of nitrogens with zero attached hydrogens (tertiary/aromatic N) is 1. The Morgan fingerprint density at radius 3 is 2.48 bits per heavy atom. The second-order valence-corrected chi connectivity index (χ2v) is 4.55. The minimum absolute atomic E-state index is 0.0447. The molecule has 0 saturated heterocycles. The van der Waals surface area contributed by atoms with Gasteiger partial charge in [0.1, 0.15) is 0 Å². The number of H-pyrrole nitrogens is 1. The van der Waals surface area contributed by atoms with Crippen LogP contribution in [0, 0.1) is 0 Å². The van der Waals surface area contributed by atoms with E-state index in [0.717, 1.165) is 0 Å². The molecule has 0 aliphatic rings. The second kappa shape index (κ2) is 7.21. The maximum Gasteiger partial charge on any atom is 0.339 e. The Hall–Kier alpha value is -3.16. The average molecular weight is 317 g/mol. The molecule has 2 N–H and O–H groups in total. The Balaban J connectivity index is 2.27. The number of anilines is 1. The highest BCUT2D eigenvalue weighted by Gasteiger charge is 2.17. The predicted octanol–water partition coefficient (Wildman–Crippen LogP) is 1.16. The lowest BCUT2D eigenvalue weighted by Crippen LogP contribution is -2.18. The number of aromatic amines is 1. The van der Waals surface area contributed by atoms with E-state index in [9.17, 15) is 14.4 Å². The zero-order valence-corrected chi connectivity index (χ0v) is 12.6. The van der Waals surface area contributed by atoms with Gasteiger partial charge in [0.15, 0.2) is 0 Å². The van der Waals surface area contributed by atoms with E-state index >= 15 is 0 Å². The molecule has 2 rings (SSSR count). The van der Waals surface area contributed by atoms with Crippen molar-refractivity contribution >= 4 is 23.5 Å². The van der Waals surface area contributed by atoms with Gasteiger partial charge in [-0.1, -0.05) is 0 Å². The van der Waals surface area contributed by atoms with E-state index in [4.69, 9.17) is 0 Å². The van der Waals surface area contributed by atoms with E-state index in [0.29, 0.717) is 5.69 Å². The third kappa shape index (κ3) is 3.94. The fourth-order valence-electron chi connectivity index (χ4n) is 1.93. The largest absolute Gasteiger partial charge is 0.465 e. The summed E-state index contributed by atoms with van der Waals surface area (Å²) >= 11 is 0. The fourth-order valence-corrected chi connectivity index (χ4v) is 1.93. The van der Waals surface area contributed by atoms with E-state index in [1.807, 2.05) is 0 Å². The zero-order valence-electron chi connectivity index (χ0n) is 12.6. The Bertz CT molecular complexity index is 725. The van der Waals surface area contributed by atoms with Crippen LogP contribution < -0.4 is 5.32 Å². The minimum Gasteiger partial charge on any atom is -0.465 e. The van der Waals surface area contributed by atoms with Crippen LogP contribution in [0.1, 0.15) is 26.4 Å². The number of methoxy groups -OCH3 is 2. The number of amides is 1. The van der Waals surface area contributed by atoms with Crippen molar-refractivity contribution < 1.29 is 23.9 Å². The number of ether oxygens (including phenoxy) is 2. The van der Waals surface area contributed by atoms with Crippen molar-refractivity contribution in [2.24, 2.45) is 0 Å². The van der Waals surface area contributed by atoms with Gasteiger partial charge in [-0.05, 0) is 24.3 Å². The number of esters is 2. The van der Waals surface area contributed by atoms with Gasteiger partial charge in [-0.15, -0.1) is 0 Å². The zero-order chi connectivity index (χ0) is 16.8. The first-order valence-electron chi connectivity index (χ1n) is 6.64. The predicted molar refractivity (Wildman–Crippen MR) is 80.0 cm³/mol. The van der Waals surface area contributed by atoms with Gasteiger partial charge in [0.2, 0.25) is 5.91 Å². The van der Waals surface area contributed by atoms with Crippen LogP contribution in [0.4, 0.5) is 5.69 Å². The van der Waals surface area contributed by atoms with Crippen LogP contribution in [0.15, 0.2) is 30.5 Å². The molecule has 0 unspecified atom stereocenters. The van der Waals surface area contributed by atoms with Crippen LogP contribution in [0.25, 0.3) is 0 Å². The van der Waals surface area contributed by atoms with E-state index < -0.39 is 11.9 Å². The highest BCUT2D eigenvalue weighted by molar-refractivity contribution is 6.03. The molecule has 1 aromatic carbocycles. The van der Waals surface area contributed by atoms with Crippen molar-refractivity contribution in [3.8, 4) is 0 Å². The molecule has 1 aromatic heterocycles. The van der Waals surface area contributed by atoms with Crippen LogP contribution in [-0.2, 0) is 20.7 Å². The molecular weight excluding hydrogens is 302 g/mol. The van der Waals surface area contributed by atoms with Gasteiger partial charge in [-0.3, -0.25) is 9.89 Å². The van der Waals surface area contributed by atoms with Gasteiger partial charge in [0, 0.05) is 11.9 Å². The van der Waals surface area contributed by atoms with Gasteiger partial charge in [0.05, 0.1) is 37.5 Å². The van der Waals surface area contributed by atoms with E-state index in [2.05, 4.69) is 25.0 Å². The molecule has 8 heteroatoms. The molecule has 0 radical (unpaired) electrons. The number of hydrogen-bond donors (Lipinski definition) is 2. The summed E-state index contributed by atoms with van der Waals surface area (Å²) in [5.74, 6) is -1.58. The minimum atomic E-state index is -0.627. The number of rotatable bonds is 5. The summed E-state index contributed by atoms with van der Waals surface area (Å²) in [4.78, 5) is 35.4. The molecule has 0 spiro atoms. The van der Waals surface area contributed by atoms with Crippen molar-refractivity contribution in [1.29, 1.82) is 0 Å². The van der Waals surface area contributed by atoms with Crippen LogP contribution >= 0.6 is 0 Å². The van der Waals surface area contributed by atoms with Gasteiger partial charge in [-0.25, -0.2) is 9.59 Å². The van der Waals surface area contributed by atoms with Gasteiger partial charge in [-0.2, -0.15) is 5.10 Å². The fraction of sp³-hybridized carbons (Fsp3) is 0.200. The van der Waals surface area contributed by atoms with Crippen molar-refractivity contribution in [1.82, 2.24) is 10.2 Å². The molecule has 0 fully saturated rings. The molecule has 2 aromatic rings. The molecule has 0 atom stereocenters. The number of aromatic nitrogens is 2. The molecule has 0 saturated carbocycles. The number of benzene rings is 1. The number of hydrogen-bond acceptors (Lipinski definition) is 6. The molecule has 0 aliphatic heterocycles. The summed E-state index contributed by atoms with van der Waals surface area (Å²) < 4.78 is 9.30. The maximum atomic E-state index is 12.1. The number of nitrogens with one attached hydrogen (secondary N) is 2. The first kappa shape index (κ1) is 16.2. The molecule has 23 heavy (non-hydrogen) atoms. The number of carbonyl (C=O) groups excluding carboxylic acids is 3. The number of carbonyl (C=O) groups is 3. The molecule has 1 heterocycles. The van der Waals surface area contributed by atoms with E-state index in [1.165, 1.54) is 38.6 Å². The average Bonchev–Trinajstić information content (AvgIpc) is 3.06. The summed E-state index contributed by atoms with van der Waals surface area (Å²) in [6.45, 7) is 0.